The summed E-state index contributed by atoms with van der Waals surface area (Å²) < 4.78 is 33.3. The summed E-state index contributed by atoms with van der Waals surface area (Å²) in [5, 5.41) is -0.0574. The lowest BCUT2D eigenvalue weighted by molar-refractivity contribution is 0.0987. The highest BCUT2D eigenvalue weighted by Crippen LogP contribution is 2.62. The Balaban J connectivity index is 1.68. The molecule has 0 saturated heterocycles. The lowest BCUT2D eigenvalue weighted by Gasteiger charge is -2.38. The molecule has 28 heavy (non-hydrogen) atoms. The van der Waals surface area contributed by atoms with E-state index < -0.39 is 17.2 Å². The van der Waals surface area contributed by atoms with Crippen LogP contribution in [-0.4, -0.2) is 23.4 Å². The number of hydrogen-bond acceptors (Lipinski definition) is 5. The zero-order valence-corrected chi connectivity index (χ0v) is 15.9. The van der Waals surface area contributed by atoms with E-state index in [1.807, 2.05) is 6.92 Å². The Labute approximate surface area is 165 Å². The van der Waals surface area contributed by atoms with Crippen LogP contribution in [0.15, 0.2) is 35.5 Å². The van der Waals surface area contributed by atoms with Gasteiger partial charge in [0.05, 0.1) is 23.4 Å². The van der Waals surface area contributed by atoms with Gasteiger partial charge in [0, 0.05) is 17.4 Å². The number of carbonyl (C=O) groups excluding carboxylic acids is 1. The van der Waals surface area contributed by atoms with Crippen molar-refractivity contribution in [1.29, 1.82) is 0 Å². The molecular weight excluding hydrogens is 388 g/mol. The Kier molecular flexibility index (Phi) is 4.38. The normalized spacial score (nSPS) is 22.5. The number of aliphatic imine (C=N–C) groups is 1. The smallest absolute Gasteiger partial charge is 0.282 e. The number of ether oxygens (including phenoxy) is 1. The van der Waals surface area contributed by atoms with E-state index in [9.17, 15) is 13.6 Å². The van der Waals surface area contributed by atoms with Gasteiger partial charge in [-0.2, -0.15) is 0 Å². The highest BCUT2D eigenvalue weighted by molar-refractivity contribution is 6.33. The number of ketones is 1. The van der Waals surface area contributed by atoms with E-state index in [-0.39, 0.29) is 34.4 Å². The summed E-state index contributed by atoms with van der Waals surface area (Å²) in [5.74, 6) is -1.42. The molecule has 1 atom stereocenters. The summed E-state index contributed by atoms with van der Waals surface area (Å²) in [6, 6.07) is 5.55. The molecule has 0 bridgehead atoms. The SMILES string of the molecule is C[C@]1(c2cc(CC(=O)c3ncc(F)cc3Cl)ccc2F)N=C(N)OCC12CC2. The zero-order valence-electron chi connectivity index (χ0n) is 15.1. The van der Waals surface area contributed by atoms with Gasteiger partial charge in [0.1, 0.15) is 17.3 Å². The third-order valence-electron chi connectivity index (χ3n) is 5.71. The van der Waals surface area contributed by atoms with Crippen LogP contribution in [0.2, 0.25) is 5.02 Å². The van der Waals surface area contributed by atoms with E-state index in [1.165, 1.54) is 12.1 Å². The minimum absolute atomic E-state index is 0.0212. The molecule has 0 amide bonds. The molecule has 1 fully saturated rings. The Hall–Kier alpha value is -2.54. The van der Waals surface area contributed by atoms with Crippen LogP contribution >= 0.6 is 11.6 Å². The number of rotatable bonds is 4. The molecule has 0 unspecified atom stereocenters. The van der Waals surface area contributed by atoms with Gasteiger partial charge in [-0.15, -0.1) is 0 Å². The second-order valence-electron chi connectivity index (χ2n) is 7.49. The molecule has 5 nitrogen and oxygen atoms in total. The number of halogens is 3. The fourth-order valence-electron chi connectivity index (χ4n) is 3.80. The van der Waals surface area contributed by atoms with Crippen molar-refractivity contribution >= 4 is 23.4 Å². The molecule has 1 spiro atoms. The third kappa shape index (κ3) is 3.03. The van der Waals surface area contributed by atoms with Gasteiger partial charge in [-0.25, -0.2) is 18.8 Å². The maximum absolute atomic E-state index is 14.8. The van der Waals surface area contributed by atoms with Crippen LogP contribution < -0.4 is 5.73 Å². The molecule has 1 aliphatic carbocycles. The molecule has 2 aromatic rings. The van der Waals surface area contributed by atoms with E-state index in [4.69, 9.17) is 22.1 Å². The van der Waals surface area contributed by atoms with Gasteiger partial charge in [0.15, 0.2) is 5.78 Å². The summed E-state index contributed by atoms with van der Waals surface area (Å²) in [5.41, 5.74) is 5.54. The van der Waals surface area contributed by atoms with E-state index in [0.717, 1.165) is 25.1 Å². The first-order valence-electron chi connectivity index (χ1n) is 8.85. The van der Waals surface area contributed by atoms with Crippen molar-refractivity contribution in [3.63, 3.8) is 0 Å². The molecule has 2 heterocycles. The highest BCUT2D eigenvalue weighted by atomic mass is 35.5. The monoisotopic (exact) mass is 405 g/mol. The maximum atomic E-state index is 14.8. The van der Waals surface area contributed by atoms with Gasteiger partial charge in [-0.3, -0.25) is 4.79 Å². The lowest BCUT2D eigenvalue weighted by Crippen LogP contribution is -2.43. The van der Waals surface area contributed by atoms with E-state index >= 15 is 0 Å². The molecule has 2 aliphatic rings. The van der Waals surface area contributed by atoms with Crippen LogP contribution in [0.5, 0.6) is 0 Å². The summed E-state index contributed by atoms with van der Waals surface area (Å²) >= 11 is 5.92. The standard InChI is InChI=1S/C20H18ClF2N3O2/c1-19(20(4-5-20)10-28-18(24)26-19)13-6-11(2-3-15(13)23)7-16(27)17-14(21)8-12(22)9-25-17/h2-3,6,8-9H,4-5,7,10H2,1H3,(H2,24,26)/t19-/m1/s1. The number of benzene rings is 1. The molecule has 8 heteroatoms. The molecule has 1 aliphatic heterocycles. The largest absolute Gasteiger partial charge is 0.465 e. The number of Topliss-reactive ketones (excluding diaryl/α,β-unsaturated/α-hetero) is 1. The van der Waals surface area contributed by atoms with Crippen molar-refractivity contribution < 1.29 is 18.3 Å². The number of carbonyl (C=O) groups is 1. The average molecular weight is 406 g/mol. The molecule has 1 aromatic heterocycles. The van der Waals surface area contributed by atoms with Crippen LogP contribution in [0.4, 0.5) is 8.78 Å². The molecular formula is C20H18ClF2N3O2. The third-order valence-corrected chi connectivity index (χ3v) is 6.00. The van der Waals surface area contributed by atoms with Crippen LogP contribution in [-0.2, 0) is 16.7 Å². The van der Waals surface area contributed by atoms with E-state index in [0.29, 0.717) is 17.7 Å². The summed E-state index contributed by atoms with van der Waals surface area (Å²) in [7, 11) is 0. The van der Waals surface area contributed by atoms with Crippen molar-refractivity contribution in [3.8, 4) is 0 Å². The van der Waals surface area contributed by atoms with E-state index in [1.54, 1.807) is 6.07 Å². The lowest BCUT2D eigenvalue weighted by atomic mass is 9.76. The predicted molar refractivity (Wildman–Crippen MR) is 100 cm³/mol. The molecule has 0 radical (unpaired) electrons. The minimum Gasteiger partial charge on any atom is -0.465 e. The quantitative estimate of drug-likeness (QED) is 0.785. The molecule has 4 rings (SSSR count). The summed E-state index contributed by atoms with van der Waals surface area (Å²) in [6.07, 6.45) is 2.60. The fraction of sp³-hybridized carbons (Fsp3) is 0.350. The molecule has 1 aromatic carbocycles. The summed E-state index contributed by atoms with van der Waals surface area (Å²) in [6.45, 7) is 2.23. The Morgan fingerprint density at radius 2 is 2.07 bits per heavy atom. The number of aromatic nitrogens is 1. The Bertz CT molecular complexity index is 1010. The van der Waals surface area contributed by atoms with E-state index in [2.05, 4.69) is 9.98 Å². The second kappa shape index (κ2) is 6.51. The van der Waals surface area contributed by atoms with Gasteiger partial charge in [-0.1, -0.05) is 17.7 Å². The van der Waals surface area contributed by atoms with Gasteiger partial charge in [0.2, 0.25) is 0 Å². The molecule has 1 saturated carbocycles. The highest BCUT2D eigenvalue weighted by Gasteiger charge is 2.61. The molecule has 146 valence electrons. The predicted octanol–water partition coefficient (Wildman–Crippen LogP) is 3.78. The van der Waals surface area contributed by atoms with Crippen molar-refractivity contribution in [2.75, 3.05) is 6.61 Å². The van der Waals surface area contributed by atoms with Crippen molar-refractivity contribution in [1.82, 2.24) is 4.98 Å². The van der Waals surface area contributed by atoms with Gasteiger partial charge in [0.25, 0.3) is 6.02 Å². The van der Waals surface area contributed by atoms with Crippen LogP contribution in [0.1, 0.15) is 41.4 Å². The van der Waals surface area contributed by atoms with Crippen LogP contribution in [0.25, 0.3) is 0 Å². The minimum atomic E-state index is -0.871. The first kappa shape index (κ1) is 18.8. The first-order valence-corrected chi connectivity index (χ1v) is 9.23. The van der Waals surface area contributed by atoms with Crippen molar-refractivity contribution in [2.45, 2.75) is 31.7 Å². The number of amidine groups is 1. The number of hydrogen-bond donors (Lipinski definition) is 1. The number of pyridine rings is 1. The van der Waals surface area contributed by atoms with Gasteiger partial charge in [-0.05, 0) is 43.5 Å². The summed E-state index contributed by atoms with van der Waals surface area (Å²) in [4.78, 5) is 20.8. The first-order chi connectivity index (χ1) is 13.2. The maximum Gasteiger partial charge on any atom is 0.282 e. The Morgan fingerprint density at radius 1 is 1.32 bits per heavy atom. The van der Waals surface area contributed by atoms with Gasteiger partial charge < -0.3 is 10.5 Å². The van der Waals surface area contributed by atoms with Crippen LogP contribution in [0.3, 0.4) is 0 Å². The average Bonchev–Trinajstić information content (AvgIpc) is 3.41. The topological polar surface area (TPSA) is 77.6 Å². The van der Waals surface area contributed by atoms with Crippen molar-refractivity contribution in [2.24, 2.45) is 16.1 Å². The number of nitrogens with zero attached hydrogens (tertiary/aromatic N) is 2. The second-order valence-corrected chi connectivity index (χ2v) is 7.90. The van der Waals surface area contributed by atoms with Crippen molar-refractivity contribution in [3.05, 3.63) is 63.9 Å². The van der Waals surface area contributed by atoms with Gasteiger partial charge >= 0.3 is 0 Å². The Morgan fingerprint density at radius 3 is 2.75 bits per heavy atom. The number of nitrogens with two attached hydrogens (primary N) is 1. The molecule has 2 N–H and O–H groups in total. The fourth-order valence-corrected chi connectivity index (χ4v) is 4.05. The zero-order chi connectivity index (χ0) is 20.1. The van der Waals surface area contributed by atoms with Crippen LogP contribution in [0, 0.1) is 17.0 Å².